The van der Waals surface area contributed by atoms with E-state index in [4.69, 9.17) is 11.6 Å². The average Bonchev–Trinajstić information content (AvgIpc) is 1.71. The number of rotatable bonds is 38. The molecule has 0 fully saturated rings. The van der Waals surface area contributed by atoms with Gasteiger partial charge in [-0.1, -0.05) is 211 Å². The first-order chi connectivity index (χ1) is 67.7. The highest BCUT2D eigenvalue weighted by molar-refractivity contribution is 9.10. The van der Waals surface area contributed by atoms with Crippen molar-refractivity contribution in [3.8, 4) is 0 Å². The number of fused-ring (bicyclic) bond motifs is 6. The van der Waals surface area contributed by atoms with Crippen molar-refractivity contribution in [1.82, 2.24) is 92.2 Å². The molecular formula is C109H131BrClF2N25O. The highest BCUT2D eigenvalue weighted by Crippen LogP contribution is 2.32. The fraction of sp³-hybridized carbons (Fsp3) is 0.349. The van der Waals surface area contributed by atoms with Crippen LogP contribution in [-0.2, 0) is 45.7 Å². The van der Waals surface area contributed by atoms with E-state index < -0.39 is 5.82 Å². The Morgan fingerprint density at radius 1 is 0.345 bits per heavy atom. The van der Waals surface area contributed by atoms with Crippen LogP contribution in [0.25, 0.3) is 66.2 Å². The van der Waals surface area contributed by atoms with Crippen LogP contribution in [0.5, 0.6) is 0 Å². The van der Waals surface area contributed by atoms with Gasteiger partial charge >= 0.3 is 0 Å². The molecule has 0 bridgehead atoms. The molecule has 0 radical (unpaired) electrons. The first kappa shape index (κ1) is 103. The molecule has 0 spiro atoms. The molecule has 0 aliphatic rings. The normalized spacial score (nSPS) is 11.3. The van der Waals surface area contributed by atoms with E-state index in [-0.39, 0.29) is 23.5 Å². The van der Waals surface area contributed by atoms with E-state index in [0.29, 0.717) is 13.1 Å². The van der Waals surface area contributed by atoms with Gasteiger partial charge in [0.1, 0.15) is 79.7 Å². The summed E-state index contributed by atoms with van der Waals surface area (Å²) in [7, 11) is 0. The van der Waals surface area contributed by atoms with Crippen molar-refractivity contribution in [2.24, 2.45) is 0 Å². The van der Waals surface area contributed by atoms with Crippen LogP contribution in [0, 0.1) is 53.2 Å². The van der Waals surface area contributed by atoms with Gasteiger partial charge in [-0.15, -0.1) is 0 Å². The zero-order valence-electron chi connectivity index (χ0n) is 82.1. The lowest BCUT2D eigenvalue weighted by Gasteiger charge is -2.18. The number of benzene rings is 5. The minimum absolute atomic E-state index is 0.00701. The maximum atomic E-state index is 13.4. The second-order valence-electron chi connectivity index (χ2n) is 34.6. The molecule has 0 amide bonds. The van der Waals surface area contributed by atoms with Crippen molar-refractivity contribution in [2.45, 2.75) is 212 Å². The summed E-state index contributed by atoms with van der Waals surface area (Å²) in [6.07, 6.45) is 28.3. The van der Waals surface area contributed by atoms with E-state index in [9.17, 15) is 13.9 Å². The van der Waals surface area contributed by atoms with Crippen LogP contribution < -0.4 is 31.9 Å². The predicted molar refractivity (Wildman–Crippen MR) is 568 cm³/mol. The molecule has 7 N–H and O–H groups in total. The lowest BCUT2D eigenvalue weighted by Crippen LogP contribution is -2.24. The number of anilines is 6. The molecule has 18 aromatic rings. The number of aliphatic hydroxyl groups is 1. The third-order valence-corrected chi connectivity index (χ3v) is 24.3. The lowest BCUT2D eigenvalue weighted by molar-refractivity contribution is 0.268. The van der Waals surface area contributed by atoms with Crippen molar-refractivity contribution < 1.29 is 13.9 Å². The van der Waals surface area contributed by atoms with Gasteiger partial charge in [0.25, 0.3) is 0 Å². The van der Waals surface area contributed by atoms with Gasteiger partial charge in [0, 0.05) is 113 Å². The summed E-state index contributed by atoms with van der Waals surface area (Å²) in [6.45, 7) is 33.6. The fourth-order valence-corrected chi connectivity index (χ4v) is 17.0. The second-order valence-corrected chi connectivity index (χ2v) is 35.8. The third-order valence-electron chi connectivity index (χ3n) is 23.3. The van der Waals surface area contributed by atoms with Gasteiger partial charge < -0.3 is 64.4 Å². The van der Waals surface area contributed by atoms with Gasteiger partial charge in [-0.2, -0.15) is 0 Å². The van der Waals surface area contributed by atoms with Crippen LogP contribution in [-0.4, -0.2) is 143 Å². The molecule has 30 heteroatoms. The lowest BCUT2D eigenvalue weighted by atomic mass is 10.1. The Balaban J connectivity index is 0.000000141. The first-order valence-electron chi connectivity index (χ1n) is 48.7. The number of aromatic nitrogens is 19. The van der Waals surface area contributed by atoms with Crippen molar-refractivity contribution in [2.75, 3.05) is 71.2 Å². The zero-order valence-corrected chi connectivity index (χ0v) is 84.4. The molecule has 0 saturated heterocycles. The number of nitrogens with one attached hydrogen (secondary N) is 6. The van der Waals surface area contributed by atoms with Crippen LogP contribution in [0.2, 0.25) is 5.02 Å². The molecular weight excluding hydrogens is 1830 g/mol. The molecule has 1 atom stereocenters. The van der Waals surface area contributed by atoms with E-state index in [2.05, 4.69) is 273 Å². The smallest absolute Gasteiger partial charge is 0.154 e. The second kappa shape index (κ2) is 52.2. The highest BCUT2D eigenvalue weighted by Gasteiger charge is 2.21. The number of aliphatic hydroxyl groups excluding tert-OH is 1. The summed E-state index contributed by atoms with van der Waals surface area (Å²) in [6, 6.07) is 58.8. The van der Waals surface area contributed by atoms with E-state index >= 15 is 0 Å². The topological polar surface area (TPSA) is 290 Å². The molecule has 13 heterocycles. The Hall–Kier alpha value is -13.6. The Morgan fingerprint density at radius 3 is 1.09 bits per heavy atom. The molecule has 0 aliphatic heterocycles. The Morgan fingerprint density at radius 2 is 0.698 bits per heavy atom. The zero-order chi connectivity index (χ0) is 97.9. The summed E-state index contributed by atoms with van der Waals surface area (Å²) in [5.74, 6) is 9.30. The number of pyridine rings is 1. The van der Waals surface area contributed by atoms with Crippen molar-refractivity contribution in [1.29, 1.82) is 0 Å². The van der Waals surface area contributed by atoms with E-state index in [0.717, 1.165) is 293 Å². The van der Waals surface area contributed by atoms with Crippen LogP contribution in [0.4, 0.5) is 43.7 Å². The molecule has 26 nitrogen and oxygen atoms in total. The van der Waals surface area contributed by atoms with E-state index in [1.165, 1.54) is 35.2 Å². The van der Waals surface area contributed by atoms with Crippen LogP contribution in [0.15, 0.2) is 230 Å². The summed E-state index contributed by atoms with van der Waals surface area (Å²) in [5.41, 5.74) is 18.6. The highest BCUT2D eigenvalue weighted by atomic mass is 79.9. The molecule has 0 aliphatic carbocycles. The maximum Gasteiger partial charge on any atom is 0.154 e. The van der Waals surface area contributed by atoms with Gasteiger partial charge in [-0.25, -0.2) is 68.6 Å². The molecule has 0 saturated carbocycles. The largest absolute Gasteiger partial charge is 0.394 e. The van der Waals surface area contributed by atoms with Gasteiger partial charge in [-0.05, 0) is 193 Å². The number of hydrogen-bond donors (Lipinski definition) is 7. The first-order valence-corrected chi connectivity index (χ1v) is 49.8. The van der Waals surface area contributed by atoms with Gasteiger partial charge in [0.2, 0.25) is 0 Å². The minimum Gasteiger partial charge on any atom is -0.394 e. The van der Waals surface area contributed by atoms with Crippen molar-refractivity contribution in [3.05, 3.63) is 315 Å². The Bertz CT molecular complexity index is 6920. The van der Waals surface area contributed by atoms with E-state index in [1.54, 1.807) is 24.3 Å². The quantitative estimate of drug-likeness (QED) is 0.0177. The van der Waals surface area contributed by atoms with E-state index in [1.807, 2.05) is 139 Å². The molecule has 5 aromatic carbocycles. The molecule has 13 aromatic heterocycles. The van der Waals surface area contributed by atoms with Gasteiger partial charge in [-0.3, -0.25) is 4.98 Å². The number of hydrogen-bond acceptors (Lipinski definition) is 20. The number of unbranched alkanes of at least 4 members (excludes halogenated alkanes) is 5. The van der Waals surface area contributed by atoms with Crippen LogP contribution in [0.3, 0.4) is 0 Å². The number of aryl methyl sites for hydroxylation is 8. The van der Waals surface area contributed by atoms with Crippen molar-refractivity contribution >= 4 is 129 Å². The van der Waals surface area contributed by atoms with Gasteiger partial charge in [0.05, 0.1) is 63.0 Å². The average molecular weight is 1960 g/mol. The minimum atomic E-state index is -0.404. The monoisotopic (exact) mass is 1960 g/mol. The maximum absolute atomic E-state index is 13.4. The Labute approximate surface area is 827 Å². The summed E-state index contributed by atoms with van der Waals surface area (Å²) >= 11 is 9.51. The van der Waals surface area contributed by atoms with Crippen LogP contribution in [0.1, 0.15) is 187 Å². The molecule has 139 heavy (non-hydrogen) atoms. The fourth-order valence-electron chi connectivity index (χ4n) is 16.4. The number of nitrogens with zero attached hydrogens (tertiary/aromatic N) is 19. The summed E-state index contributed by atoms with van der Waals surface area (Å²) in [5, 5.41) is 30.4. The number of halogens is 4. The van der Waals surface area contributed by atoms with Crippen molar-refractivity contribution in [3.63, 3.8) is 0 Å². The third kappa shape index (κ3) is 29.0. The molecule has 1 unspecified atom stereocenters. The SMILES string of the molecule is CCCC(CO)Nc1nc(C)nc2ccn(Cc3ccccc3)c12.CCCCNc1nc(C)nc2ccn(CCc3ccccc3)c12.CCCCNc1nc(C)nc2ccn(Cc3ccc(F)c(Cl)c3)c12.CCCCNc1nc(C)nc2ccn(Cc3cccc(F)c3)c12.CCCCNc1nc(C)nc2ccn(Cc3ccccc3Br)c12.CCCCNc1nc(C)nc2ccn(Cc3ccccn3)c12. The van der Waals surface area contributed by atoms with Crippen LogP contribution >= 0.6 is 27.5 Å². The predicted octanol–water partition coefficient (Wildman–Crippen LogP) is 24.6. The Kier molecular flexibility index (Phi) is 38.6. The summed E-state index contributed by atoms with van der Waals surface area (Å²) in [4.78, 5) is 59.1. The molecule has 18 rings (SSSR count). The summed E-state index contributed by atoms with van der Waals surface area (Å²) < 4.78 is 40.8. The standard InChI is InChI=1S/C19H24N4O.C19H24N4.C18H21BrN4.C18H20ClFN4.C18H21FN4.C17H21N5/c1-3-7-16(13-24)22-19-18-17(20-14(2)21-19)10-11-23(18)12-15-8-5-4-6-9-15;1-3-4-12-20-19-18-17(21-15(2)22-19)11-14-23(18)13-10-16-8-6-5-7-9-16;1-3-4-10-20-18-17-16(21-13(2)22-18)9-11-23(17)12-14-7-5-6-8-15(14)19;1-3-4-8-21-18-17-16(22-12(2)23-18)7-9-24(17)11-13-5-6-15(20)14(19)10-13;1-3-4-9-20-18-17-16(21-13(2)22-18)8-10-23(17)12-14-6-5-7-15(19)11-14;1-3-4-9-19-17-16-15(20-13(2)21-17)8-11-22(16)12-14-7-5-6-10-18-14/h4-6,8-11,16,24H,3,7,12-13H2,1-2H3,(H,20,21,22);5-9,11,14H,3-4,10,12-13H2,1-2H3,(H,20,21,22);5-9,11H,3-4,10,12H2,1-2H3,(H,20,21,22);5-7,9-10H,3-4,8,11H2,1-2H3,(H,21,22,23);5-8,10-11H,3-4,9,12H2,1-2H3,(H,20,21,22);5-8,10-11H,3-4,9,12H2,1-2H3,(H,19,20,21). The molecule has 726 valence electrons. The van der Waals surface area contributed by atoms with Gasteiger partial charge in [0.15, 0.2) is 34.9 Å².